The van der Waals surface area contributed by atoms with Gasteiger partial charge in [0.15, 0.2) is 0 Å². The van der Waals surface area contributed by atoms with E-state index >= 15 is 0 Å². The predicted octanol–water partition coefficient (Wildman–Crippen LogP) is 7.50. The number of rotatable bonds is 14. The van der Waals surface area contributed by atoms with E-state index in [4.69, 9.17) is 25.8 Å². The Kier molecular flexibility index (Phi) is 11.4. The Morgan fingerprint density at radius 3 is 2.22 bits per heavy atom. The number of methoxy groups -OCH3 is 1. The lowest BCUT2D eigenvalue weighted by Gasteiger charge is -2.22. The van der Waals surface area contributed by atoms with E-state index in [2.05, 4.69) is 4.98 Å². The number of amides is 2. The molecule has 0 aliphatic carbocycles. The molecule has 10 nitrogen and oxygen atoms in total. The Morgan fingerprint density at radius 1 is 0.902 bits per heavy atom. The molecule has 2 amide bonds. The number of hydrogen-bond donors (Lipinski definition) is 3. The van der Waals surface area contributed by atoms with Gasteiger partial charge in [-0.05, 0) is 65.6 Å². The molecule has 0 radical (unpaired) electrons. The molecule has 4 aromatic carbocycles. The number of benzene rings is 4. The highest BCUT2D eigenvalue weighted by molar-refractivity contribution is 8.15. The summed E-state index contributed by atoms with van der Waals surface area (Å²) in [6.45, 7) is 2.33. The largest absolute Gasteiger partial charge is 0.494 e. The van der Waals surface area contributed by atoms with Crippen molar-refractivity contribution in [3.63, 3.8) is 0 Å². The minimum Gasteiger partial charge on any atom is -0.494 e. The van der Waals surface area contributed by atoms with E-state index in [1.54, 1.807) is 48.5 Å². The summed E-state index contributed by atoms with van der Waals surface area (Å²) in [7, 11) is 1.51. The van der Waals surface area contributed by atoms with Gasteiger partial charge in [-0.1, -0.05) is 90.2 Å². The zero-order valence-corrected chi connectivity index (χ0v) is 30.1. The van der Waals surface area contributed by atoms with Crippen molar-refractivity contribution in [3.05, 3.63) is 133 Å². The number of H-pyrrole nitrogens is 1. The molecule has 13 heteroatoms. The van der Waals surface area contributed by atoms with E-state index in [0.29, 0.717) is 57.8 Å². The third-order valence-electron chi connectivity index (χ3n) is 8.40. The Balaban J connectivity index is 1.06. The SMILES string of the molecule is COc1c(C(C)COc2ccc(Cc3sc(=O)[nH]c3O)cc2)cccc1N1C(=O)SC(Cc2ccc(OCC(O)c3cccc(Cl)c3)cc2)C1=O. The molecular formula is C38H35ClN2O8S2. The highest BCUT2D eigenvalue weighted by Gasteiger charge is 2.42. The van der Waals surface area contributed by atoms with E-state index in [9.17, 15) is 24.6 Å². The number of aromatic nitrogens is 1. The molecule has 0 saturated carbocycles. The first kappa shape index (κ1) is 36.1. The number of thiazole rings is 1. The van der Waals surface area contributed by atoms with Gasteiger partial charge in [-0.15, -0.1) is 0 Å². The summed E-state index contributed by atoms with van der Waals surface area (Å²) < 4.78 is 17.6. The molecule has 264 valence electrons. The van der Waals surface area contributed by atoms with Crippen LogP contribution in [0.3, 0.4) is 0 Å². The zero-order valence-electron chi connectivity index (χ0n) is 27.7. The second kappa shape index (κ2) is 16.1. The Labute approximate surface area is 307 Å². The number of aliphatic hydroxyl groups is 1. The van der Waals surface area contributed by atoms with Gasteiger partial charge in [0.2, 0.25) is 11.8 Å². The number of thioether (sulfide) groups is 1. The van der Waals surface area contributed by atoms with E-state index in [1.165, 1.54) is 12.0 Å². The van der Waals surface area contributed by atoms with Gasteiger partial charge in [0, 0.05) is 22.9 Å². The first-order valence-corrected chi connectivity index (χ1v) is 18.2. The van der Waals surface area contributed by atoms with Crippen LogP contribution in [0.2, 0.25) is 5.02 Å². The fourth-order valence-corrected chi connectivity index (χ4v) is 7.70. The van der Waals surface area contributed by atoms with Gasteiger partial charge in [0.05, 0.1) is 29.5 Å². The van der Waals surface area contributed by atoms with E-state index in [1.807, 2.05) is 49.4 Å². The van der Waals surface area contributed by atoms with Gasteiger partial charge in [0.25, 0.3) is 5.24 Å². The van der Waals surface area contributed by atoms with Crippen LogP contribution >= 0.6 is 34.7 Å². The van der Waals surface area contributed by atoms with Gasteiger partial charge >= 0.3 is 4.87 Å². The van der Waals surface area contributed by atoms with E-state index < -0.39 is 11.4 Å². The topological polar surface area (TPSA) is 138 Å². The molecule has 1 fully saturated rings. The summed E-state index contributed by atoms with van der Waals surface area (Å²) in [5.41, 5.74) is 3.60. The van der Waals surface area contributed by atoms with Crippen molar-refractivity contribution in [2.24, 2.45) is 0 Å². The molecule has 6 rings (SSSR count). The smallest absolute Gasteiger partial charge is 0.307 e. The molecule has 2 heterocycles. The van der Waals surface area contributed by atoms with Crippen molar-refractivity contribution in [2.45, 2.75) is 37.0 Å². The number of aromatic hydroxyl groups is 1. The van der Waals surface area contributed by atoms with Crippen LogP contribution in [0.5, 0.6) is 23.1 Å². The lowest BCUT2D eigenvalue weighted by atomic mass is 9.99. The maximum Gasteiger partial charge on any atom is 0.307 e. The van der Waals surface area contributed by atoms with Gasteiger partial charge in [-0.2, -0.15) is 0 Å². The van der Waals surface area contributed by atoms with Gasteiger partial charge < -0.3 is 24.4 Å². The Hall–Kier alpha value is -4.75. The van der Waals surface area contributed by atoms with Crippen LogP contribution in [0.4, 0.5) is 10.5 Å². The molecule has 3 N–H and O–H groups in total. The van der Waals surface area contributed by atoms with Gasteiger partial charge in [-0.25, -0.2) is 4.90 Å². The first-order valence-electron chi connectivity index (χ1n) is 16.1. The number of halogens is 1. The fourth-order valence-electron chi connectivity index (χ4n) is 5.73. The summed E-state index contributed by atoms with van der Waals surface area (Å²) in [4.78, 5) is 42.2. The molecule has 51 heavy (non-hydrogen) atoms. The van der Waals surface area contributed by atoms with E-state index in [-0.39, 0.29) is 34.4 Å². The monoisotopic (exact) mass is 746 g/mol. The summed E-state index contributed by atoms with van der Waals surface area (Å²) in [6.07, 6.45) is -0.0805. The average Bonchev–Trinajstić information content (AvgIpc) is 3.60. The highest BCUT2D eigenvalue weighted by atomic mass is 35.5. The summed E-state index contributed by atoms with van der Waals surface area (Å²) >= 11 is 7.98. The summed E-state index contributed by atoms with van der Waals surface area (Å²) in [5.74, 6) is 1.05. The van der Waals surface area contributed by atoms with Crippen LogP contribution < -0.4 is 24.0 Å². The van der Waals surface area contributed by atoms with E-state index in [0.717, 1.165) is 39.8 Å². The lowest BCUT2D eigenvalue weighted by Crippen LogP contribution is -2.32. The molecule has 0 bridgehead atoms. The molecule has 3 unspecified atom stereocenters. The van der Waals surface area contributed by atoms with Crippen LogP contribution in [-0.2, 0) is 17.6 Å². The van der Waals surface area contributed by atoms with Crippen LogP contribution in [0.15, 0.2) is 95.8 Å². The summed E-state index contributed by atoms with van der Waals surface area (Å²) in [5, 5.41) is 19.9. The zero-order chi connectivity index (χ0) is 36.1. The minimum absolute atomic E-state index is 0.0484. The number of hydrogen-bond acceptors (Lipinski definition) is 10. The minimum atomic E-state index is -0.841. The average molecular weight is 747 g/mol. The number of nitrogens with one attached hydrogen (secondary N) is 1. The highest BCUT2D eigenvalue weighted by Crippen LogP contribution is 2.42. The number of para-hydroxylation sites is 1. The van der Waals surface area contributed by atoms with Crippen LogP contribution in [-0.4, -0.2) is 51.9 Å². The number of aromatic amines is 1. The number of nitrogens with zero attached hydrogens (tertiary/aromatic N) is 1. The van der Waals surface area contributed by atoms with Crippen LogP contribution in [0, 0.1) is 0 Å². The van der Waals surface area contributed by atoms with Gasteiger partial charge in [0.1, 0.15) is 30.0 Å². The van der Waals surface area contributed by atoms with Crippen molar-refractivity contribution in [1.82, 2.24) is 4.98 Å². The number of aliphatic hydroxyl groups excluding tert-OH is 1. The van der Waals surface area contributed by atoms with Crippen molar-refractivity contribution < 1.29 is 34.0 Å². The molecule has 1 saturated heterocycles. The maximum atomic E-state index is 13.7. The number of ether oxygens (including phenoxy) is 3. The lowest BCUT2D eigenvalue weighted by molar-refractivity contribution is -0.117. The molecule has 1 aromatic heterocycles. The standard InChI is InChI=1S/C38H35ClN2O8S2/c1-22(20-48-27-13-9-23(10-14-27)17-32-35(43)40-37(45)50-32)29-7-4-8-30(34(29)47-2)41-36(44)33(51-38(41)46)18-24-11-15-28(16-12-24)49-21-31(42)25-5-3-6-26(39)19-25/h3-16,19,22,31,33,42-43H,17-18,20-21H2,1-2H3,(H,40,45). The van der Waals surface area contributed by atoms with Gasteiger partial charge in [-0.3, -0.25) is 19.4 Å². The second-order valence-corrected chi connectivity index (χ2v) is 14.7. The fraction of sp³-hybridized carbons (Fsp3) is 0.237. The quantitative estimate of drug-likeness (QED) is 0.105. The van der Waals surface area contributed by atoms with Crippen molar-refractivity contribution >= 4 is 51.5 Å². The van der Waals surface area contributed by atoms with Crippen LogP contribution in [0.25, 0.3) is 0 Å². The molecule has 0 spiro atoms. The van der Waals surface area contributed by atoms with Crippen molar-refractivity contribution in [2.75, 3.05) is 25.2 Å². The number of anilines is 1. The number of imide groups is 1. The molecule has 3 atom stereocenters. The molecule has 5 aromatic rings. The Morgan fingerprint density at radius 2 is 1.57 bits per heavy atom. The molecular weight excluding hydrogens is 712 g/mol. The maximum absolute atomic E-state index is 13.7. The molecule has 1 aliphatic rings. The number of carbonyl (C=O) groups excluding carboxylic acids is 2. The van der Waals surface area contributed by atoms with Crippen molar-refractivity contribution in [3.8, 4) is 23.1 Å². The third-order valence-corrected chi connectivity index (χ3v) is 10.5. The van der Waals surface area contributed by atoms with Crippen molar-refractivity contribution in [1.29, 1.82) is 0 Å². The third kappa shape index (κ3) is 8.59. The predicted molar refractivity (Wildman–Crippen MR) is 199 cm³/mol. The normalized spacial score (nSPS) is 15.5. The first-order chi connectivity index (χ1) is 24.6. The number of carbonyl (C=O) groups is 2. The summed E-state index contributed by atoms with van der Waals surface area (Å²) in [6, 6.07) is 27.0. The Bertz CT molecular complexity index is 2070. The van der Waals surface area contributed by atoms with Crippen LogP contribution in [0.1, 0.15) is 46.1 Å². The molecule has 1 aliphatic heterocycles. The second-order valence-electron chi connectivity index (χ2n) is 12.0.